The molecule has 1 saturated heterocycles. The van der Waals surface area contributed by atoms with E-state index in [4.69, 9.17) is 4.74 Å². The highest BCUT2D eigenvalue weighted by Crippen LogP contribution is 2.33. The summed E-state index contributed by atoms with van der Waals surface area (Å²) in [7, 11) is 0. The summed E-state index contributed by atoms with van der Waals surface area (Å²) in [5.41, 5.74) is 0.963. The third-order valence-electron chi connectivity index (χ3n) is 3.98. The Morgan fingerprint density at radius 3 is 2.73 bits per heavy atom. The number of ether oxygens (including phenoxy) is 1. The van der Waals surface area contributed by atoms with Crippen molar-refractivity contribution >= 4 is 11.9 Å². The van der Waals surface area contributed by atoms with Crippen LogP contribution in [0.15, 0.2) is 30.3 Å². The molecule has 0 radical (unpaired) electrons. The predicted molar refractivity (Wildman–Crippen MR) is 82.3 cm³/mol. The molecule has 0 aliphatic carbocycles. The first kappa shape index (κ1) is 16.5. The van der Waals surface area contributed by atoms with Crippen molar-refractivity contribution in [3.05, 3.63) is 35.9 Å². The summed E-state index contributed by atoms with van der Waals surface area (Å²) >= 11 is 0. The minimum absolute atomic E-state index is 0.227. The van der Waals surface area contributed by atoms with Crippen LogP contribution in [0.25, 0.3) is 0 Å². The van der Waals surface area contributed by atoms with E-state index in [9.17, 15) is 14.7 Å². The molecular formula is C17H23NO4. The number of hydrogen-bond acceptors (Lipinski definition) is 3. The number of amides is 1. The van der Waals surface area contributed by atoms with Gasteiger partial charge >= 0.3 is 5.97 Å². The van der Waals surface area contributed by atoms with Crippen molar-refractivity contribution in [1.82, 2.24) is 5.32 Å². The van der Waals surface area contributed by atoms with E-state index in [0.29, 0.717) is 25.9 Å². The fourth-order valence-corrected chi connectivity index (χ4v) is 2.85. The molecule has 1 aliphatic rings. The lowest BCUT2D eigenvalue weighted by molar-refractivity contribution is -0.145. The van der Waals surface area contributed by atoms with Crippen LogP contribution in [0.3, 0.4) is 0 Å². The van der Waals surface area contributed by atoms with E-state index in [-0.39, 0.29) is 17.9 Å². The van der Waals surface area contributed by atoms with Gasteiger partial charge in [0.1, 0.15) is 6.04 Å². The van der Waals surface area contributed by atoms with Gasteiger partial charge in [-0.1, -0.05) is 43.7 Å². The van der Waals surface area contributed by atoms with Gasteiger partial charge in [-0.25, -0.2) is 4.79 Å². The van der Waals surface area contributed by atoms with Crippen LogP contribution in [-0.2, 0) is 14.3 Å². The van der Waals surface area contributed by atoms with Gasteiger partial charge in [-0.3, -0.25) is 4.79 Å². The molecule has 5 nitrogen and oxygen atoms in total. The second-order valence-electron chi connectivity index (χ2n) is 5.64. The average Bonchev–Trinajstić information content (AvgIpc) is 2.55. The van der Waals surface area contributed by atoms with Crippen LogP contribution < -0.4 is 5.32 Å². The number of rotatable bonds is 6. The summed E-state index contributed by atoms with van der Waals surface area (Å²) in [4.78, 5) is 23.7. The minimum atomic E-state index is -0.983. The Morgan fingerprint density at radius 2 is 2.09 bits per heavy atom. The highest BCUT2D eigenvalue weighted by molar-refractivity contribution is 5.85. The number of hydrogen-bond donors (Lipinski definition) is 2. The fourth-order valence-electron chi connectivity index (χ4n) is 2.85. The van der Waals surface area contributed by atoms with Gasteiger partial charge in [-0.05, 0) is 24.8 Å². The number of carbonyl (C=O) groups excluding carboxylic acids is 1. The molecule has 1 aliphatic heterocycles. The van der Waals surface area contributed by atoms with Crippen LogP contribution >= 0.6 is 0 Å². The third-order valence-corrected chi connectivity index (χ3v) is 3.98. The van der Waals surface area contributed by atoms with E-state index >= 15 is 0 Å². The molecule has 2 N–H and O–H groups in total. The van der Waals surface area contributed by atoms with Gasteiger partial charge in [0.05, 0.1) is 12.0 Å². The lowest BCUT2D eigenvalue weighted by Gasteiger charge is -2.32. The molecule has 22 heavy (non-hydrogen) atoms. The van der Waals surface area contributed by atoms with E-state index in [2.05, 4.69) is 5.32 Å². The van der Waals surface area contributed by atoms with E-state index in [1.165, 1.54) is 0 Å². The Morgan fingerprint density at radius 1 is 1.36 bits per heavy atom. The third kappa shape index (κ3) is 4.07. The van der Waals surface area contributed by atoms with Gasteiger partial charge in [0.2, 0.25) is 5.91 Å². The quantitative estimate of drug-likeness (QED) is 0.847. The van der Waals surface area contributed by atoms with Crippen molar-refractivity contribution in [3.63, 3.8) is 0 Å². The second-order valence-corrected chi connectivity index (χ2v) is 5.64. The highest BCUT2D eigenvalue weighted by atomic mass is 16.5. The first-order valence-electron chi connectivity index (χ1n) is 7.83. The lowest BCUT2D eigenvalue weighted by atomic mass is 9.88. The van der Waals surface area contributed by atoms with Crippen LogP contribution in [0.2, 0.25) is 0 Å². The predicted octanol–water partition coefficient (Wildman–Crippen LogP) is 2.52. The molecule has 1 heterocycles. The van der Waals surface area contributed by atoms with Crippen molar-refractivity contribution in [2.45, 2.75) is 44.8 Å². The normalized spacial score (nSPS) is 22.8. The van der Waals surface area contributed by atoms with Gasteiger partial charge in [-0.15, -0.1) is 0 Å². The summed E-state index contributed by atoms with van der Waals surface area (Å²) in [6.07, 6.45) is 2.37. The molecule has 1 aromatic rings. The number of nitrogens with one attached hydrogen (secondary N) is 1. The highest BCUT2D eigenvalue weighted by Gasteiger charge is 2.34. The van der Waals surface area contributed by atoms with Crippen LogP contribution in [0.4, 0.5) is 0 Å². The largest absolute Gasteiger partial charge is 0.480 e. The zero-order chi connectivity index (χ0) is 15.9. The zero-order valence-electron chi connectivity index (χ0n) is 12.8. The van der Waals surface area contributed by atoms with Crippen molar-refractivity contribution < 1.29 is 19.4 Å². The SMILES string of the molecule is CCCC(NC(=O)C1CCCOC1c1ccccc1)C(=O)O. The lowest BCUT2D eigenvalue weighted by Crippen LogP contribution is -2.46. The molecule has 0 spiro atoms. The Bertz CT molecular complexity index is 503. The maximum atomic E-state index is 12.5. The molecule has 1 aromatic carbocycles. The Balaban J connectivity index is 2.10. The van der Waals surface area contributed by atoms with Crippen molar-refractivity contribution in [3.8, 4) is 0 Å². The van der Waals surface area contributed by atoms with Crippen LogP contribution in [0.1, 0.15) is 44.3 Å². The number of benzene rings is 1. The van der Waals surface area contributed by atoms with E-state index in [1.807, 2.05) is 37.3 Å². The smallest absolute Gasteiger partial charge is 0.326 e. The molecule has 5 heteroatoms. The van der Waals surface area contributed by atoms with Gasteiger partial charge in [0.15, 0.2) is 0 Å². The molecule has 1 amide bonds. The Hall–Kier alpha value is -1.88. The Labute approximate surface area is 130 Å². The molecule has 120 valence electrons. The molecule has 2 rings (SSSR count). The molecular weight excluding hydrogens is 282 g/mol. The zero-order valence-corrected chi connectivity index (χ0v) is 12.8. The van der Waals surface area contributed by atoms with E-state index in [1.54, 1.807) is 0 Å². The van der Waals surface area contributed by atoms with E-state index < -0.39 is 12.0 Å². The van der Waals surface area contributed by atoms with Crippen molar-refractivity contribution in [2.75, 3.05) is 6.61 Å². The van der Waals surface area contributed by atoms with Crippen molar-refractivity contribution in [1.29, 1.82) is 0 Å². The van der Waals surface area contributed by atoms with Crippen LogP contribution in [-0.4, -0.2) is 29.6 Å². The summed E-state index contributed by atoms with van der Waals surface area (Å²) in [6.45, 7) is 2.53. The molecule has 0 aromatic heterocycles. The van der Waals surface area contributed by atoms with Crippen LogP contribution in [0.5, 0.6) is 0 Å². The number of aliphatic carboxylic acids is 1. The first-order chi connectivity index (χ1) is 10.6. The number of carbonyl (C=O) groups is 2. The number of carboxylic acids is 1. The van der Waals surface area contributed by atoms with Gasteiger partial charge in [0.25, 0.3) is 0 Å². The molecule has 3 unspecified atom stereocenters. The average molecular weight is 305 g/mol. The van der Waals surface area contributed by atoms with Crippen molar-refractivity contribution in [2.24, 2.45) is 5.92 Å². The maximum absolute atomic E-state index is 12.5. The van der Waals surface area contributed by atoms with Gasteiger partial charge < -0.3 is 15.2 Å². The topological polar surface area (TPSA) is 75.6 Å². The van der Waals surface area contributed by atoms with E-state index in [0.717, 1.165) is 12.0 Å². The minimum Gasteiger partial charge on any atom is -0.480 e. The molecule has 0 saturated carbocycles. The number of carboxylic acid groups (broad SMARTS) is 1. The van der Waals surface area contributed by atoms with Gasteiger partial charge in [-0.2, -0.15) is 0 Å². The molecule has 3 atom stereocenters. The second kappa shape index (κ2) is 7.94. The molecule has 0 bridgehead atoms. The standard InChI is InChI=1S/C17H23NO4/c1-2-7-14(17(20)21)18-16(19)13-10-6-11-22-15(13)12-8-4-3-5-9-12/h3-5,8-9,13-15H,2,6-7,10-11H2,1H3,(H,18,19)(H,20,21). The fraction of sp³-hybridized carbons (Fsp3) is 0.529. The van der Waals surface area contributed by atoms with Crippen LogP contribution in [0, 0.1) is 5.92 Å². The molecule has 1 fully saturated rings. The summed E-state index contributed by atoms with van der Waals surface area (Å²) < 4.78 is 5.79. The summed E-state index contributed by atoms with van der Waals surface area (Å²) in [6, 6.07) is 8.81. The summed E-state index contributed by atoms with van der Waals surface area (Å²) in [5, 5.41) is 11.9. The Kier molecular flexibility index (Phi) is 5.95. The van der Waals surface area contributed by atoms with Gasteiger partial charge in [0, 0.05) is 6.61 Å². The monoisotopic (exact) mass is 305 g/mol. The maximum Gasteiger partial charge on any atom is 0.326 e. The summed E-state index contributed by atoms with van der Waals surface area (Å²) in [5.74, 6) is -1.55. The first-order valence-corrected chi connectivity index (χ1v) is 7.83.